The van der Waals surface area contributed by atoms with E-state index in [9.17, 15) is 15.4 Å². The number of pyridine rings is 1. The summed E-state index contributed by atoms with van der Waals surface area (Å²) >= 11 is 13.4. The lowest BCUT2D eigenvalue weighted by Crippen LogP contribution is -2.00. The molecule has 0 fully saturated rings. The molecule has 152 valence electrons. The van der Waals surface area contributed by atoms with Crippen molar-refractivity contribution < 1.29 is 4.92 Å². The molecule has 2 aromatic heterocycles. The smallest absolute Gasteiger partial charge is 0.270 e. The Morgan fingerprint density at radius 3 is 2.61 bits per heavy atom. The molecule has 31 heavy (non-hydrogen) atoms. The molecule has 0 aliphatic rings. The summed E-state index contributed by atoms with van der Waals surface area (Å²) in [5, 5.41) is 30.3. The molecule has 0 aliphatic heterocycles. The molecular weight excluding hydrogens is 459 g/mol. The summed E-state index contributed by atoms with van der Waals surface area (Å²) in [6.45, 7) is 0. The van der Waals surface area contributed by atoms with E-state index in [1.54, 1.807) is 41.2 Å². The number of hydrogen-bond acceptors (Lipinski definition) is 7. The summed E-state index contributed by atoms with van der Waals surface area (Å²) in [5.41, 5.74) is 1.37. The summed E-state index contributed by atoms with van der Waals surface area (Å²) in [6, 6.07) is 14.8. The van der Waals surface area contributed by atoms with E-state index in [1.807, 2.05) is 12.1 Å². The van der Waals surface area contributed by atoms with Crippen LogP contribution in [0.3, 0.4) is 0 Å². The second kappa shape index (κ2) is 8.73. The van der Waals surface area contributed by atoms with Gasteiger partial charge in [0, 0.05) is 35.0 Å². The predicted octanol–water partition coefficient (Wildman–Crippen LogP) is 5.57. The lowest BCUT2D eigenvalue weighted by Gasteiger charge is -2.11. The molecule has 0 saturated heterocycles. The number of nitrogens with zero attached hydrogens (tertiary/aromatic N) is 6. The van der Waals surface area contributed by atoms with Crippen molar-refractivity contribution in [1.29, 1.82) is 5.26 Å². The highest BCUT2D eigenvalue weighted by atomic mass is 35.5. The highest BCUT2D eigenvalue weighted by Crippen LogP contribution is 2.36. The third-order valence-electron chi connectivity index (χ3n) is 4.21. The predicted molar refractivity (Wildman–Crippen MR) is 117 cm³/mol. The number of aromatic nitrogens is 4. The molecule has 0 saturated carbocycles. The zero-order chi connectivity index (χ0) is 22.0. The topological polar surface area (TPSA) is 111 Å². The van der Waals surface area contributed by atoms with Crippen LogP contribution in [-0.4, -0.2) is 24.7 Å². The maximum Gasteiger partial charge on any atom is 0.270 e. The highest BCUT2D eigenvalue weighted by molar-refractivity contribution is 7.99. The molecule has 0 radical (unpaired) electrons. The Kier molecular flexibility index (Phi) is 5.86. The standard InChI is InChI=1S/C20H10Cl2N6O2S/c21-16-5-3-14(9-17(16)22)27-19(12-2-1-7-24-11-12)25-26-20(27)31-18-6-4-15(28(29)30)8-13(18)10-23/h1-9,11H. The average molecular weight is 469 g/mol. The van der Waals surface area contributed by atoms with Gasteiger partial charge in [-0.2, -0.15) is 5.26 Å². The zero-order valence-electron chi connectivity index (χ0n) is 15.4. The first-order valence-corrected chi connectivity index (χ1v) is 10.2. The molecule has 0 spiro atoms. The van der Waals surface area contributed by atoms with E-state index in [2.05, 4.69) is 15.2 Å². The fourth-order valence-corrected chi connectivity index (χ4v) is 3.99. The second-order valence-corrected chi connectivity index (χ2v) is 7.96. The number of nitro groups is 1. The van der Waals surface area contributed by atoms with Crippen LogP contribution in [-0.2, 0) is 0 Å². The van der Waals surface area contributed by atoms with Crippen LogP contribution in [0.1, 0.15) is 5.56 Å². The Morgan fingerprint density at radius 1 is 1.10 bits per heavy atom. The van der Waals surface area contributed by atoms with Gasteiger partial charge in [0.1, 0.15) is 6.07 Å². The van der Waals surface area contributed by atoms with Crippen LogP contribution in [0.25, 0.3) is 17.1 Å². The monoisotopic (exact) mass is 468 g/mol. The van der Waals surface area contributed by atoms with Gasteiger partial charge in [0.15, 0.2) is 5.82 Å². The molecule has 0 N–H and O–H groups in total. The van der Waals surface area contributed by atoms with E-state index in [-0.39, 0.29) is 11.3 Å². The van der Waals surface area contributed by atoms with Gasteiger partial charge in [-0.3, -0.25) is 19.7 Å². The van der Waals surface area contributed by atoms with E-state index in [0.29, 0.717) is 31.6 Å². The average Bonchev–Trinajstić information content (AvgIpc) is 3.20. The van der Waals surface area contributed by atoms with Crippen LogP contribution < -0.4 is 0 Å². The minimum Gasteiger partial charge on any atom is -0.270 e. The Morgan fingerprint density at radius 2 is 1.94 bits per heavy atom. The van der Waals surface area contributed by atoms with Gasteiger partial charge in [0.25, 0.3) is 5.69 Å². The first-order chi connectivity index (χ1) is 15.0. The minimum atomic E-state index is -0.548. The third kappa shape index (κ3) is 4.22. The molecule has 2 heterocycles. The number of benzene rings is 2. The summed E-state index contributed by atoms with van der Waals surface area (Å²) in [7, 11) is 0. The fraction of sp³-hybridized carbons (Fsp3) is 0. The number of non-ortho nitro benzene ring substituents is 1. The normalized spacial score (nSPS) is 10.6. The Labute approximate surface area is 190 Å². The molecule has 2 aromatic carbocycles. The van der Waals surface area contributed by atoms with Crippen molar-refractivity contribution in [3.05, 3.63) is 86.6 Å². The number of nitriles is 1. The molecule has 0 atom stereocenters. The van der Waals surface area contributed by atoms with Crippen LogP contribution in [0.2, 0.25) is 10.0 Å². The molecule has 0 unspecified atom stereocenters. The van der Waals surface area contributed by atoms with Crippen molar-refractivity contribution in [1.82, 2.24) is 19.7 Å². The van der Waals surface area contributed by atoms with Gasteiger partial charge in [0.05, 0.1) is 26.2 Å². The van der Waals surface area contributed by atoms with Gasteiger partial charge in [-0.05, 0) is 48.2 Å². The van der Waals surface area contributed by atoms with Crippen molar-refractivity contribution in [3.63, 3.8) is 0 Å². The van der Waals surface area contributed by atoms with Crippen molar-refractivity contribution >= 4 is 40.7 Å². The van der Waals surface area contributed by atoms with Crippen molar-refractivity contribution in [2.75, 3.05) is 0 Å². The van der Waals surface area contributed by atoms with Crippen LogP contribution in [0, 0.1) is 21.4 Å². The summed E-state index contributed by atoms with van der Waals surface area (Å²) in [5.74, 6) is 0.509. The van der Waals surface area contributed by atoms with Crippen molar-refractivity contribution in [3.8, 4) is 23.1 Å². The van der Waals surface area contributed by atoms with E-state index >= 15 is 0 Å². The number of rotatable bonds is 5. The SMILES string of the molecule is N#Cc1cc([N+](=O)[O-])ccc1Sc1nnc(-c2cccnc2)n1-c1ccc(Cl)c(Cl)c1. The maximum absolute atomic E-state index is 11.0. The molecular formula is C20H10Cl2N6O2S. The van der Waals surface area contributed by atoms with Crippen LogP contribution in [0.4, 0.5) is 5.69 Å². The first-order valence-electron chi connectivity index (χ1n) is 8.65. The lowest BCUT2D eigenvalue weighted by atomic mass is 10.2. The zero-order valence-corrected chi connectivity index (χ0v) is 17.8. The van der Waals surface area contributed by atoms with E-state index in [4.69, 9.17) is 23.2 Å². The Balaban J connectivity index is 1.86. The summed E-state index contributed by atoms with van der Waals surface area (Å²) in [6.07, 6.45) is 3.30. The molecule has 8 nitrogen and oxygen atoms in total. The number of nitro benzene ring substituents is 1. The lowest BCUT2D eigenvalue weighted by molar-refractivity contribution is -0.384. The molecule has 11 heteroatoms. The van der Waals surface area contributed by atoms with Gasteiger partial charge in [-0.1, -0.05) is 23.2 Å². The van der Waals surface area contributed by atoms with E-state index < -0.39 is 4.92 Å². The second-order valence-electron chi connectivity index (χ2n) is 6.13. The Hall–Kier alpha value is -3.45. The van der Waals surface area contributed by atoms with Crippen LogP contribution in [0.15, 0.2) is 71.0 Å². The number of hydrogen-bond donors (Lipinski definition) is 0. The first kappa shape index (κ1) is 20.8. The van der Waals surface area contributed by atoms with Gasteiger partial charge in [-0.15, -0.1) is 10.2 Å². The van der Waals surface area contributed by atoms with Gasteiger partial charge < -0.3 is 0 Å². The summed E-state index contributed by atoms with van der Waals surface area (Å²) < 4.78 is 1.76. The van der Waals surface area contributed by atoms with E-state index in [1.165, 1.54) is 18.2 Å². The molecule has 0 aliphatic carbocycles. The van der Waals surface area contributed by atoms with Crippen molar-refractivity contribution in [2.45, 2.75) is 10.1 Å². The Bertz CT molecular complexity index is 1340. The largest absolute Gasteiger partial charge is 0.270 e. The third-order valence-corrected chi connectivity index (χ3v) is 5.97. The van der Waals surface area contributed by atoms with Gasteiger partial charge in [0.2, 0.25) is 5.16 Å². The van der Waals surface area contributed by atoms with Gasteiger partial charge >= 0.3 is 0 Å². The van der Waals surface area contributed by atoms with Crippen molar-refractivity contribution in [2.24, 2.45) is 0 Å². The molecule has 4 rings (SSSR count). The van der Waals surface area contributed by atoms with Crippen LogP contribution in [0.5, 0.6) is 0 Å². The highest BCUT2D eigenvalue weighted by Gasteiger charge is 2.20. The molecule has 0 amide bonds. The molecule has 4 aromatic rings. The maximum atomic E-state index is 11.0. The van der Waals surface area contributed by atoms with Gasteiger partial charge in [-0.25, -0.2) is 0 Å². The minimum absolute atomic E-state index is 0.158. The molecule has 0 bridgehead atoms. The summed E-state index contributed by atoms with van der Waals surface area (Å²) in [4.78, 5) is 15.1. The van der Waals surface area contributed by atoms with Crippen LogP contribution >= 0.6 is 35.0 Å². The number of halogens is 2. The quantitative estimate of drug-likeness (QED) is 0.278. The van der Waals surface area contributed by atoms with E-state index in [0.717, 1.165) is 17.3 Å². The fourth-order valence-electron chi connectivity index (χ4n) is 2.78.